The molecule has 76 valence electrons. The highest BCUT2D eigenvalue weighted by Crippen LogP contribution is 2.37. The molecule has 1 saturated carbocycles. The predicted octanol–water partition coefficient (Wildman–Crippen LogP) is 2.78. The van der Waals surface area contributed by atoms with E-state index in [1.807, 2.05) is 12.1 Å². The van der Waals surface area contributed by atoms with Gasteiger partial charge < -0.3 is 5.32 Å². The first-order valence-corrected chi connectivity index (χ1v) is 6.29. The minimum Gasteiger partial charge on any atom is -0.351 e. The van der Waals surface area contributed by atoms with Crippen molar-refractivity contribution in [2.24, 2.45) is 11.8 Å². The zero-order valence-electron chi connectivity index (χ0n) is 7.92. The molecule has 1 amide bonds. The molecule has 2 nitrogen and oxygen atoms in total. The van der Waals surface area contributed by atoms with Crippen LogP contribution in [0.25, 0.3) is 0 Å². The summed E-state index contributed by atoms with van der Waals surface area (Å²) in [4.78, 5) is 12.7. The van der Waals surface area contributed by atoms with Gasteiger partial charge in [-0.25, -0.2) is 0 Å². The van der Waals surface area contributed by atoms with Crippen molar-refractivity contribution in [3.63, 3.8) is 0 Å². The standard InChI is InChI=1S/C10H12BrNOS/c1-6-4-8(6)10(13)12-5-7-2-3-9(11)14-7/h2-3,6,8H,4-5H2,1H3,(H,12,13). The van der Waals surface area contributed by atoms with Crippen molar-refractivity contribution >= 4 is 33.2 Å². The largest absolute Gasteiger partial charge is 0.351 e. The van der Waals surface area contributed by atoms with E-state index in [4.69, 9.17) is 0 Å². The van der Waals surface area contributed by atoms with E-state index < -0.39 is 0 Å². The molecule has 1 fully saturated rings. The molecule has 1 aliphatic carbocycles. The van der Waals surface area contributed by atoms with Gasteiger partial charge in [-0.1, -0.05) is 6.92 Å². The third-order valence-corrected chi connectivity index (χ3v) is 4.14. The average molecular weight is 274 g/mol. The summed E-state index contributed by atoms with van der Waals surface area (Å²) >= 11 is 5.06. The second-order valence-electron chi connectivity index (χ2n) is 3.74. The Kier molecular flexibility index (Phi) is 2.93. The van der Waals surface area contributed by atoms with Crippen LogP contribution in [0.15, 0.2) is 15.9 Å². The number of hydrogen-bond acceptors (Lipinski definition) is 2. The van der Waals surface area contributed by atoms with Crippen LogP contribution in [0.2, 0.25) is 0 Å². The maximum atomic E-state index is 11.5. The highest BCUT2D eigenvalue weighted by atomic mass is 79.9. The number of halogens is 1. The molecule has 0 aromatic carbocycles. The molecular weight excluding hydrogens is 262 g/mol. The van der Waals surface area contributed by atoms with Crippen LogP contribution >= 0.6 is 27.3 Å². The fourth-order valence-electron chi connectivity index (χ4n) is 1.44. The molecule has 1 N–H and O–H groups in total. The number of carbonyl (C=O) groups excluding carboxylic acids is 1. The van der Waals surface area contributed by atoms with E-state index in [1.165, 1.54) is 4.88 Å². The second kappa shape index (κ2) is 4.03. The minimum absolute atomic E-state index is 0.210. The van der Waals surface area contributed by atoms with Crippen LogP contribution in [0.5, 0.6) is 0 Å². The van der Waals surface area contributed by atoms with Gasteiger partial charge in [0, 0.05) is 10.8 Å². The highest BCUT2D eigenvalue weighted by molar-refractivity contribution is 9.11. The van der Waals surface area contributed by atoms with Gasteiger partial charge in [0.25, 0.3) is 0 Å². The lowest BCUT2D eigenvalue weighted by molar-refractivity contribution is -0.122. The molecule has 1 aromatic rings. The lowest BCUT2D eigenvalue weighted by Crippen LogP contribution is -2.24. The molecule has 2 unspecified atom stereocenters. The van der Waals surface area contributed by atoms with Crippen LogP contribution in [0.4, 0.5) is 0 Å². The molecule has 14 heavy (non-hydrogen) atoms. The molecule has 0 spiro atoms. The highest BCUT2D eigenvalue weighted by Gasteiger charge is 2.38. The Labute approximate surface area is 95.8 Å². The van der Waals surface area contributed by atoms with Crippen LogP contribution in [-0.2, 0) is 11.3 Å². The number of amides is 1. The van der Waals surface area contributed by atoms with Crippen molar-refractivity contribution in [2.45, 2.75) is 19.9 Å². The van der Waals surface area contributed by atoms with Crippen LogP contribution < -0.4 is 5.32 Å². The Bertz CT molecular complexity index is 350. The first-order valence-electron chi connectivity index (χ1n) is 4.69. The van der Waals surface area contributed by atoms with Gasteiger partial charge in [0.2, 0.25) is 5.91 Å². The fraction of sp³-hybridized carbons (Fsp3) is 0.500. The predicted molar refractivity (Wildman–Crippen MR) is 61.1 cm³/mol. The summed E-state index contributed by atoms with van der Waals surface area (Å²) in [5.74, 6) is 1.07. The molecular formula is C10H12BrNOS. The van der Waals surface area contributed by atoms with Gasteiger partial charge in [-0.05, 0) is 40.4 Å². The van der Waals surface area contributed by atoms with Crippen molar-refractivity contribution in [3.05, 3.63) is 20.8 Å². The Morgan fingerprint density at radius 3 is 2.93 bits per heavy atom. The van der Waals surface area contributed by atoms with Crippen molar-refractivity contribution in [1.82, 2.24) is 5.32 Å². The number of nitrogens with one attached hydrogen (secondary N) is 1. The topological polar surface area (TPSA) is 29.1 Å². The van der Waals surface area contributed by atoms with E-state index in [0.717, 1.165) is 10.2 Å². The van der Waals surface area contributed by atoms with Gasteiger partial charge in [0.05, 0.1) is 10.3 Å². The maximum Gasteiger partial charge on any atom is 0.223 e. The number of carbonyl (C=O) groups is 1. The van der Waals surface area contributed by atoms with E-state index in [-0.39, 0.29) is 11.8 Å². The van der Waals surface area contributed by atoms with Gasteiger partial charge in [-0.3, -0.25) is 4.79 Å². The van der Waals surface area contributed by atoms with E-state index in [9.17, 15) is 4.79 Å². The molecule has 1 heterocycles. The van der Waals surface area contributed by atoms with Crippen molar-refractivity contribution in [1.29, 1.82) is 0 Å². The molecule has 2 atom stereocenters. The molecule has 1 aromatic heterocycles. The molecule has 0 aliphatic heterocycles. The van der Waals surface area contributed by atoms with Crippen LogP contribution in [-0.4, -0.2) is 5.91 Å². The summed E-state index contributed by atoms with van der Waals surface area (Å²) in [5, 5.41) is 2.96. The SMILES string of the molecule is CC1CC1C(=O)NCc1ccc(Br)s1. The number of hydrogen-bond donors (Lipinski definition) is 1. The van der Waals surface area contributed by atoms with Gasteiger partial charge in [-0.2, -0.15) is 0 Å². The van der Waals surface area contributed by atoms with E-state index in [0.29, 0.717) is 12.5 Å². The summed E-state index contributed by atoms with van der Waals surface area (Å²) in [6.45, 7) is 2.78. The Morgan fingerprint density at radius 2 is 2.43 bits per heavy atom. The maximum absolute atomic E-state index is 11.5. The lowest BCUT2D eigenvalue weighted by atomic mass is 10.3. The molecule has 0 saturated heterocycles. The smallest absolute Gasteiger partial charge is 0.223 e. The molecule has 0 bridgehead atoms. The number of rotatable bonds is 3. The minimum atomic E-state index is 0.210. The van der Waals surface area contributed by atoms with Crippen LogP contribution in [0.3, 0.4) is 0 Å². The summed E-state index contributed by atoms with van der Waals surface area (Å²) in [6.07, 6.45) is 1.06. The third kappa shape index (κ3) is 2.36. The fourth-order valence-corrected chi connectivity index (χ4v) is 2.86. The van der Waals surface area contributed by atoms with Gasteiger partial charge >= 0.3 is 0 Å². The molecule has 4 heteroatoms. The van der Waals surface area contributed by atoms with E-state index in [1.54, 1.807) is 11.3 Å². The van der Waals surface area contributed by atoms with Gasteiger partial charge in [-0.15, -0.1) is 11.3 Å². The van der Waals surface area contributed by atoms with Gasteiger partial charge in [0.1, 0.15) is 0 Å². The zero-order valence-corrected chi connectivity index (χ0v) is 10.3. The Balaban J connectivity index is 1.80. The molecule has 0 radical (unpaired) electrons. The number of thiophene rings is 1. The molecule has 1 aliphatic rings. The van der Waals surface area contributed by atoms with Crippen LogP contribution in [0.1, 0.15) is 18.2 Å². The summed E-state index contributed by atoms with van der Waals surface area (Å²) in [7, 11) is 0. The normalized spacial score (nSPS) is 24.7. The third-order valence-electron chi connectivity index (χ3n) is 2.51. The van der Waals surface area contributed by atoms with Crippen molar-refractivity contribution in [2.75, 3.05) is 0 Å². The Hall–Kier alpha value is -0.350. The van der Waals surface area contributed by atoms with E-state index in [2.05, 4.69) is 28.2 Å². The summed E-state index contributed by atoms with van der Waals surface area (Å²) in [6, 6.07) is 4.04. The first-order chi connectivity index (χ1) is 6.66. The quantitative estimate of drug-likeness (QED) is 0.902. The van der Waals surface area contributed by atoms with Crippen LogP contribution in [0, 0.1) is 11.8 Å². The second-order valence-corrected chi connectivity index (χ2v) is 6.29. The van der Waals surface area contributed by atoms with E-state index >= 15 is 0 Å². The summed E-state index contributed by atoms with van der Waals surface area (Å²) in [5.41, 5.74) is 0. The average Bonchev–Trinajstić information content (AvgIpc) is 2.72. The van der Waals surface area contributed by atoms with Gasteiger partial charge in [0.15, 0.2) is 0 Å². The first kappa shape index (κ1) is 10.2. The lowest BCUT2D eigenvalue weighted by Gasteiger charge is -2.01. The summed E-state index contributed by atoms with van der Waals surface area (Å²) < 4.78 is 1.11. The zero-order chi connectivity index (χ0) is 10.1. The molecule has 2 rings (SSSR count). The van der Waals surface area contributed by atoms with Crippen molar-refractivity contribution < 1.29 is 4.79 Å². The monoisotopic (exact) mass is 273 g/mol. The van der Waals surface area contributed by atoms with Crippen molar-refractivity contribution in [3.8, 4) is 0 Å². The Morgan fingerprint density at radius 1 is 1.71 bits per heavy atom.